The highest BCUT2D eigenvalue weighted by Crippen LogP contribution is 2.33. The van der Waals surface area contributed by atoms with E-state index in [0.717, 1.165) is 65.7 Å². The molecule has 30 heavy (non-hydrogen) atoms. The van der Waals surface area contributed by atoms with Crippen molar-refractivity contribution < 1.29 is 0 Å². The van der Waals surface area contributed by atoms with E-state index in [1.165, 1.54) is 5.56 Å². The van der Waals surface area contributed by atoms with E-state index in [9.17, 15) is 0 Å². The molecular formula is C22H34BN7. The normalized spacial score (nSPS) is 10.7. The SMILES string of the molecule is CCCN(CCC)c1cc(C)nc2c(-c3cnc(N(C)C)cc3C)c(C)nn12.[B]N. The maximum absolute atomic E-state index is 4.89. The third-order valence-corrected chi connectivity index (χ3v) is 5.01. The molecule has 0 fully saturated rings. The van der Waals surface area contributed by atoms with Crippen LogP contribution >= 0.6 is 0 Å². The predicted octanol–water partition coefficient (Wildman–Crippen LogP) is 3.44. The Morgan fingerprint density at radius 3 is 2.20 bits per heavy atom. The van der Waals surface area contributed by atoms with Gasteiger partial charge in [0.2, 0.25) is 0 Å². The standard InChI is InChI=1S/C22H32N6.BH2N/c1-8-10-27(11-9-2)20-13-16(4)24-22-21(17(5)25-28(20)22)18-14-23-19(26(6)7)12-15(18)3;1-2/h12-14H,8-11H2,1-7H3;2H2. The van der Waals surface area contributed by atoms with Crippen LogP contribution in [0.1, 0.15) is 43.6 Å². The highest BCUT2D eigenvalue weighted by molar-refractivity contribution is 6.02. The number of hydrogen-bond donors (Lipinski definition) is 1. The van der Waals surface area contributed by atoms with Gasteiger partial charge in [0.25, 0.3) is 0 Å². The van der Waals surface area contributed by atoms with Crippen molar-refractivity contribution in [3.05, 3.63) is 35.3 Å². The summed E-state index contributed by atoms with van der Waals surface area (Å²) in [6.07, 6.45) is 4.16. The smallest absolute Gasteiger partial charge is 0.174 e. The maximum Gasteiger partial charge on any atom is 0.174 e. The van der Waals surface area contributed by atoms with Gasteiger partial charge in [-0.05, 0) is 45.2 Å². The van der Waals surface area contributed by atoms with Crippen molar-refractivity contribution in [3.63, 3.8) is 0 Å². The molecule has 0 bridgehead atoms. The molecule has 0 amide bonds. The van der Waals surface area contributed by atoms with Crippen molar-refractivity contribution in [3.8, 4) is 11.1 Å². The Morgan fingerprint density at radius 1 is 1.03 bits per heavy atom. The monoisotopic (exact) mass is 407 g/mol. The van der Waals surface area contributed by atoms with Gasteiger partial charge in [-0.25, -0.2) is 9.97 Å². The van der Waals surface area contributed by atoms with Crippen molar-refractivity contribution in [2.75, 3.05) is 37.0 Å². The lowest BCUT2D eigenvalue weighted by molar-refractivity contribution is 0.713. The molecule has 0 saturated heterocycles. The van der Waals surface area contributed by atoms with Crippen LogP contribution in [-0.4, -0.2) is 54.7 Å². The molecule has 0 atom stereocenters. The summed E-state index contributed by atoms with van der Waals surface area (Å²) in [5.41, 5.74) is 10.3. The van der Waals surface area contributed by atoms with Gasteiger partial charge >= 0.3 is 0 Å². The minimum Gasteiger partial charge on any atom is -0.380 e. The second-order valence-corrected chi connectivity index (χ2v) is 7.69. The van der Waals surface area contributed by atoms with E-state index in [-0.39, 0.29) is 0 Å². The van der Waals surface area contributed by atoms with E-state index < -0.39 is 0 Å². The first-order valence-corrected chi connectivity index (χ1v) is 10.5. The van der Waals surface area contributed by atoms with Crippen molar-refractivity contribution in [1.29, 1.82) is 0 Å². The molecule has 3 aromatic rings. The topological polar surface area (TPSA) is 75.6 Å². The van der Waals surface area contributed by atoms with Crippen LogP contribution in [0.5, 0.6) is 0 Å². The molecule has 7 nitrogen and oxygen atoms in total. The molecule has 0 unspecified atom stereocenters. The Kier molecular flexibility index (Phi) is 8.23. The fraction of sp³-hybridized carbons (Fsp3) is 0.500. The van der Waals surface area contributed by atoms with Gasteiger partial charge in [-0.3, -0.25) is 0 Å². The van der Waals surface area contributed by atoms with Gasteiger partial charge in [-0.2, -0.15) is 9.61 Å². The number of rotatable bonds is 7. The van der Waals surface area contributed by atoms with Crippen LogP contribution < -0.4 is 15.4 Å². The first-order valence-electron chi connectivity index (χ1n) is 10.5. The van der Waals surface area contributed by atoms with Crippen molar-refractivity contribution in [2.45, 2.75) is 47.5 Å². The summed E-state index contributed by atoms with van der Waals surface area (Å²) >= 11 is 0. The third-order valence-electron chi connectivity index (χ3n) is 5.01. The molecular weight excluding hydrogens is 373 g/mol. The van der Waals surface area contributed by atoms with Gasteiger partial charge in [0.1, 0.15) is 11.6 Å². The molecule has 3 heterocycles. The quantitative estimate of drug-likeness (QED) is 0.605. The van der Waals surface area contributed by atoms with E-state index in [1.54, 1.807) is 0 Å². The van der Waals surface area contributed by atoms with E-state index in [1.807, 2.05) is 29.7 Å². The van der Waals surface area contributed by atoms with Crippen LogP contribution in [0, 0.1) is 20.8 Å². The average molecular weight is 407 g/mol. The number of anilines is 2. The first kappa shape index (κ1) is 23.7. The highest BCUT2D eigenvalue weighted by Gasteiger charge is 2.20. The Morgan fingerprint density at radius 2 is 1.67 bits per heavy atom. The van der Waals surface area contributed by atoms with E-state index in [0.29, 0.717) is 0 Å². The van der Waals surface area contributed by atoms with Crippen LogP contribution in [0.4, 0.5) is 11.6 Å². The molecule has 3 rings (SSSR count). The zero-order valence-electron chi connectivity index (χ0n) is 19.4. The molecule has 0 saturated carbocycles. The largest absolute Gasteiger partial charge is 0.380 e. The minimum absolute atomic E-state index is 0.909. The van der Waals surface area contributed by atoms with Gasteiger partial charge in [0.15, 0.2) is 13.6 Å². The van der Waals surface area contributed by atoms with E-state index in [2.05, 4.69) is 70.3 Å². The van der Waals surface area contributed by atoms with Crippen molar-refractivity contribution in [2.24, 2.45) is 5.64 Å². The van der Waals surface area contributed by atoms with E-state index >= 15 is 0 Å². The molecule has 0 aliphatic heterocycles. The highest BCUT2D eigenvalue weighted by atomic mass is 15.3. The average Bonchev–Trinajstić information content (AvgIpc) is 3.04. The number of aryl methyl sites for hydroxylation is 3. The fourth-order valence-electron chi connectivity index (χ4n) is 3.69. The Labute approximate surface area is 181 Å². The van der Waals surface area contributed by atoms with Gasteiger partial charge in [-0.15, -0.1) is 0 Å². The molecule has 3 aromatic heterocycles. The Balaban J connectivity index is 0.00000155. The molecule has 8 heteroatoms. The minimum atomic E-state index is 0.909. The third kappa shape index (κ3) is 4.75. The van der Waals surface area contributed by atoms with Crippen LogP contribution in [0.2, 0.25) is 0 Å². The van der Waals surface area contributed by atoms with Crippen LogP contribution in [0.15, 0.2) is 18.3 Å². The van der Waals surface area contributed by atoms with Crippen LogP contribution in [-0.2, 0) is 0 Å². The predicted molar refractivity (Wildman–Crippen MR) is 127 cm³/mol. The van der Waals surface area contributed by atoms with Gasteiger partial charge in [0.05, 0.1) is 11.3 Å². The summed E-state index contributed by atoms with van der Waals surface area (Å²) in [5, 5.41) is 4.89. The van der Waals surface area contributed by atoms with Gasteiger partial charge in [0, 0.05) is 50.7 Å². The van der Waals surface area contributed by atoms with Gasteiger partial charge in [-0.1, -0.05) is 13.8 Å². The molecule has 0 aliphatic rings. The number of fused-ring (bicyclic) bond motifs is 1. The summed E-state index contributed by atoms with van der Waals surface area (Å²) in [5.74, 6) is 2.08. The summed E-state index contributed by atoms with van der Waals surface area (Å²) in [6, 6.07) is 4.27. The summed E-state index contributed by atoms with van der Waals surface area (Å²) < 4.78 is 2.02. The number of nitrogens with zero attached hydrogens (tertiary/aromatic N) is 6. The van der Waals surface area contributed by atoms with Gasteiger partial charge < -0.3 is 15.4 Å². The Hall–Kier alpha value is -2.61. The fourth-order valence-corrected chi connectivity index (χ4v) is 3.69. The lowest BCUT2D eigenvalue weighted by atomic mass is 10.0. The zero-order chi connectivity index (χ0) is 22.4. The number of hydrogen-bond acceptors (Lipinski definition) is 6. The number of nitrogens with two attached hydrogens (primary N) is 1. The zero-order valence-corrected chi connectivity index (χ0v) is 19.4. The molecule has 0 aromatic carbocycles. The lowest BCUT2D eigenvalue weighted by Crippen LogP contribution is -2.27. The summed E-state index contributed by atoms with van der Waals surface area (Å²) in [6.45, 7) is 12.7. The van der Waals surface area contributed by atoms with Crippen LogP contribution in [0.25, 0.3) is 16.8 Å². The van der Waals surface area contributed by atoms with Crippen molar-refractivity contribution in [1.82, 2.24) is 19.6 Å². The molecule has 2 N–H and O–H groups in total. The molecule has 0 aliphatic carbocycles. The number of pyridine rings is 1. The second-order valence-electron chi connectivity index (χ2n) is 7.69. The second kappa shape index (κ2) is 10.4. The Bertz CT molecular complexity index is 975. The first-order chi connectivity index (χ1) is 14.4. The number of aromatic nitrogens is 4. The lowest BCUT2D eigenvalue weighted by Gasteiger charge is -2.24. The molecule has 0 spiro atoms. The summed E-state index contributed by atoms with van der Waals surface area (Å²) in [7, 11) is 8.02. The summed E-state index contributed by atoms with van der Waals surface area (Å²) in [4.78, 5) is 13.9. The van der Waals surface area contributed by atoms with Crippen molar-refractivity contribution >= 4 is 25.3 Å². The van der Waals surface area contributed by atoms with Crippen LogP contribution in [0.3, 0.4) is 0 Å². The molecule has 160 valence electrons. The molecule has 2 radical (unpaired) electrons. The maximum atomic E-state index is 4.89. The van der Waals surface area contributed by atoms with E-state index in [4.69, 9.17) is 10.1 Å².